The normalized spacial score (nSPS) is 12.9. The lowest BCUT2D eigenvalue weighted by atomic mass is 10.0. The van der Waals surface area contributed by atoms with Gasteiger partial charge in [-0.15, -0.1) is 0 Å². The number of aliphatic hydroxyl groups excluding tert-OH is 1. The second-order valence-electron chi connectivity index (χ2n) is 5.03. The van der Waals surface area contributed by atoms with Crippen molar-refractivity contribution in [3.05, 3.63) is 59.7 Å². The molecule has 0 aromatic heterocycles. The van der Waals surface area contributed by atoms with Crippen LogP contribution in [0.15, 0.2) is 48.5 Å². The van der Waals surface area contributed by atoms with Crippen LogP contribution in [0, 0.1) is 0 Å². The molecule has 0 aliphatic heterocycles. The van der Waals surface area contributed by atoms with Gasteiger partial charge in [0.15, 0.2) is 17.5 Å². The highest BCUT2D eigenvalue weighted by Gasteiger charge is 2.30. The average molecular weight is 331 g/mol. The number of aromatic hydroxyl groups is 1. The van der Waals surface area contributed by atoms with Crippen LogP contribution in [0.25, 0.3) is 0 Å². The van der Waals surface area contributed by atoms with Gasteiger partial charge in [-0.2, -0.15) is 0 Å². The summed E-state index contributed by atoms with van der Waals surface area (Å²) in [7, 11) is 1.33. The van der Waals surface area contributed by atoms with Gasteiger partial charge in [0.2, 0.25) is 0 Å². The number of carboxylic acid groups (broad SMARTS) is 1. The van der Waals surface area contributed by atoms with Crippen LogP contribution in [0.1, 0.15) is 22.0 Å². The predicted octanol–water partition coefficient (Wildman–Crippen LogP) is 1.32. The van der Waals surface area contributed by atoms with Gasteiger partial charge in [0.1, 0.15) is 6.10 Å². The number of carboxylic acids is 1. The van der Waals surface area contributed by atoms with Crippen molar-refractivity contribution in [2.24, 2.45) is 0 Å². The Bertz CT molecular complexity index is 731. The molecule has 0 spiro atoms. The number of carbonyl (C=O) groups excluding carboxylic acids is 1. The highest BCUT2D eigenvalue weighted by atomic mass is 16.5. The van der Waals surface area contributed by atoms with Gasteiger partial charge >= 0.3 is 5.97 Å². The molecule has 24 heavy (non-hydrogen) atoms. The van der Waals surface area contributed by atoms with E-state index in [-0.39, 0.29) is 22.6 Å². The number of ether oxygens (including phenoxy) is 1. The molecule has 2 aromatic carbocycles. The zero-order chi connectivity index (χ0) is 17.7. The maximum Gasteiger partial charge on any atom is 0.329 e. The van der Waals surface area contributed by atoms with E-state index in [1.54, 1.807) is 18.2 Å². The Balaban J connectivity index is 2.24. The molecule has 0 radical (unpaired) electrons. The van der Waals surface area contributed by atoms with Crippen LogP contribution >= 0.6 is 0 Å². The number of benzene rings is 2. The van der Waals surface area contributed by atoms with Crippen LogP contribution in [0.4, 0.5) is 0 Å². The smallest absolute Gasteiger partial charge is 0.329 e. The number of nitrogens with one attached hydrogen (secondary N) is 1. The quantitative estimate of drug-likeness (QED) is 0.634. The van der Waals surface area contributed by atoms with Crippen molar-refractivity contribution in [2.75, 3.05) is 7.11 Å². The molecule has 2 atom stereocenters. The molecule has 0 saturated heterocycles. The summed E-state index contributed by atoms with van der Waals surface area (Å²) in [6.45, 7) is 0. The Morgan fingerprint density at radius 3 is 2.38 bits per heavy atom. The Morgan fingerprint density at radius 2 is 1.79 bits per heavy atom. The van der Waals surface area contributed by atoms with E-state index in [2.05, 4.69) is 5.32 Å². The molecular weight excluding hydrogens is 314 g/mol. The van der Waals surface area contributed by atoms with E-state index < -0.39 is 24.0 Å². The minimum Gasteiger partial charge on any atom is -0.504 e. The minimum absolute atomic E-state index is 0.0880. The largest absolute Gasteiger partial charge is 0.504 e. The first-order valence-electron chi connectivity index (χ1n) is 7.07. The van der Waals surface area contributed by atoms with E-state index in [1.807, 2.05) is 0 Å². The number of aliphatic hydroxyl groups is 1. The summed E-state index contributed by atoms with van der Waals surface area (Å²) in [4.78, 5) is 23.6. The first-order chi connectivity index (χ1) is 11.4. The molecule has 0 bridgehead atoms. The zero-order valence-corrected chi connectivity index (χ0v) is 12.8. The topological polar surface area (TPSA) is 116 Å². The maximum atomic E-state index is 12.1. The SMILES string of the molecule is COc1cc(C(O)C(NC(=O)c2ccccc2)C(=O)O)ccc1O. The fourth-order valence-electron chi connectivity index (χ4n) is 2.16. The molecular formula is C17H17NO6. The maximum absolute atomic E-state index is 12.1. The third-order valence-electron chi connectivity index (χ3n) is 3.45. The summed E-state index contributed by atoms with van der Waals surface area (Å²) in [5.74, 6) is -2.06. The summed E-state index contributed by atoms with van der Waals surface area (Å²) in [5, 5.41) is 31.5. The van der Waals surface area contributed by atoms with Gasteiger partial charge in [-0.05, 0) is 29.8 Å². The lowest BCUT2D eigenvalue weighted by Crippen LogP contribution is -2.45. The van der Waals surface area contributed by atoms with Crippen LogP contribution in [-0.2, 0) is 4.79 Å². The van der Waals surface area contributed by atoms with Gasteiger partial charge in [-0.25, -0.2) is 4.79 Å². The molecule has 4 N–H and O–H groups in total. The van der Waals surface area contributed by atoms with E-state index >= 15 is 0 Å². The number of aliphatic carboxylic acids is 1. The molecule has 7 heteroatoms. The first kappa shape index (κ1) is 17.3. The number of carbonyl (C=O) groups is 2. The van der Waals surface area contributed by atoms with Gasteiger partial charge in [0, 0.05) is 5.56 Å². The summed E-state index contributed by atoms with van der Waals surface area (Å²) >= 11 is 0. The summed E-state index contributed by atoms with van der Waals surface area (Å²) in [5.41, 5.74) is 0.463. The molecule has 0 aliphatic rings. The van der Waals surface area contributed by atoms with Crippen molar-refractivity contribution < 1.29 is 29.6 Å². The number of hydrogen-bond donors (Lipinski definition) is 4. The van der Waals surface area contributed by atoms with Crippen LogP contribution in [0.2, 0.25) is 0 Å². The van der Waals surface area contributed by atoms with Crippen molar-refractivity contribution >= 4 is 11.9 Å². The van der Waals surface area contributed by atoms with Crippen molar-refractivity contribution in [1.82, 2.24) is 5.32 Å². The first-order valence-corrected chi connectivity index (χ1v) is 7.07. The van der Waals surface area contributed by atoms with E-state index in [1.165, 1.54) is 37.4 Å². The summed E-state index contributed by atoms with van der Waals surface area (Å²) < 4.78 is 4.93. The molecule has 0 aliphatic carbocycles. The lowest BCUT2D eigenvalue weighted by Gasteiger charge is -2.21. The summed E-state index contributed by atoms with van der Waals surface area (Å²) in [6, 6.07) is 10.5. The average Bonchev–Trinajstić information content (AvgIpc) is 2.59. The monoisotopic (exact) mass is 331 g/mol. The molecule has 0 heterocycles. The zero-order valence-electron chi connectivity index (χ0n) is 12.8. The Labute approximate surface area is 138 Å². The van der Waals surface area contributed by atoms with E-state index in [0.29, 0.717) is 0 Å². The molecule has 2 unspecified atom stereocenters. The van der Waals surface area contributed by atoms with Crippen LogP contribution in [0.3, 0.4) is 0 Å². The van der Waals surface area contributed by atoms with Crippen molar-refractivity contribution in [3.8, 4) is 11.5 Å². The number of rotatable bonds is 6. The predicted molar refractivity (Wildman–Crippen MR) is 85.0 cm³/mol. The third-order valence-corrected chi connectivity index (χ3v) is 3.45. The van der Waals surface area contributed by atoms with Crippen molar-refractivity contribution in [1.29, 1.82) is 0 Å². The van der Waals surface area contributed by atoms with Gasteiger partial charge in [-0.1, -0.05) is 24.3 Å². The second kappa shape index (κ2) is 7.47. The van der Waals surface area contributed by atoms with Crippen LogP contribution < -0.4 is 10.1 Å². The highest BCUT2D eigenvalue weighted by molar-refractivity contribution is 5.96. The van der Waals surface area contributed by atoms with Crippen LogP contribution in [0.5, 0.6) is 11.5 Å². The molecule has 126 valence electrons. The molecule has 0 fully saturated rings. The van der Waals surface area contributed by atoms with Crippen molar-refractivity contribution in [2.45, 2.75) is 12.1 Å². The lowest BCUT2D eigenvalue weighted by molar-refractivity contribution is -0.142. The second-order valence-corrected chi connectivity index (χ2v) is 5.03. The van der Waals surface area contributed by atoms with Gasteiger partial charge in [0.05, 0.1) is 7.11 Å². The fourth-order valence-corrected chi connectivity index (χ4v) is 2.16. The van der Waals surface area contributed by atoms with E-state index in [9.17, 15) is 24.9 Å². The molecule has 0 saturated carbocycles. The van der Waals surface area contributed by atoms with Crippen molar-refractivity contribution in [3.63, 3.8) is 0 Å². The number of hydrogen-bond acceptors (Lipinski definition) is 5. The number of phenolic OH excluding ortho intramolecular Hbond substituents is 1. The molecule has 2 rings (SSSR count). The summed E-state index contributed by atoms with van der Waals surface area (Å²) in [6.07, 6.45) is -1.52. The third kappa shape index (κ3) is 3.82. The molecule has 7 nitrogen and oxygen atoms in total. The Morgan fingerprint density at radius 1 is 1.12 bits per heavy atom. The van der Waals surface area contributed by atoms with Gasteiger partial charge < -0.3 is 25.4 Å². The standard InChI is InChI=1S/C17H17NO6/c1-24-13-9-11(7-8-12(13)19)15(20)14(17(22)23)18-16(21)10-5-3-2-4-6-10/h2-9,14-15,19-20H,1H3,(H,18,21)(H,22,23). The van der Waals surface area contributed by atoms with E-state index in [4.69, 9.17) is 4.74 Å². The number of phenols is 1. The fraction of sp³-hybridized carbons (Fsp3) is 0.176. The Kier molecular flexibility index (Phi) is 5.39. The Hall–Kier alpha value is -3.06. The molecule has 2 aromatic rings. The number of methoxy groups -OCH3 is 1. The van der Waals surface area contributed by atoms with Crippen LogP contribution in [-0.4, -0.2) is 40.3 Å². The van der Waals surface area contributed by atoms with Gasteiger partial charge in [0.25, 0.3) is 5.91 Å². The van der Waals surface area contributed by atoms with Gasteiger partial charge in [-0.3, -0.25) is 4.79 Å². The molecule has 1 amide bonds. The minimum atomic E-state index is -1.56. The highest BCUT2D eigenvalue weighted by Crippen LogP contribution is 2.30. The van der Waals surface area contributed by atoms with E-state index in [0.717, 1.165) is 0 Å². The number of amides is 1.